The fourth-order valence-corrected chi connectivity index (χ4v) is 3.41. The Morgan fingerprint density at radius 1 is 1.18 bits per heavy atom. The van der Waals surface area contributed by atoms with E-state index in [9.17, 15) is 25.2 Å². The van der Waals surface area contributed by atoms with Gasteiger partial charge >= 0.3 is 0 Å². The van der Waals surface area contributed by atoms with Crippen molar-refractivity contribution in [3.63, 3.8) is 0 Å². The summed E-state index contributed by atoms with van der Waals surface area (Å²) in [5.74, 6) is 0.421. The molecule has 1 heterocycles. The maximum atomic E-state index is 12.2. The van der Waals surface area contributed by atoms with E-state index in [1.165, 1.54) is 6.21 Å². The molecule has 2 aromatic rings. The molecule has 184 valence electrons. The molecule has 0 aromatic heterocycles. The molecule has 1 saturated heterocycles. The van der Waals surface area contributed by atoms with Crippen molar-refractivity contribution < 1.29 is 39.4 Å². The highest BCUT2D eigenvalue weighted by Crippen LogP contribution is 2.25. The number of aliphatic hydroxyl groups excluding tert-OH is 4. The first kappa shape index (κ1) is 25.9. The number of aryl methyl sites for hydroxylation is 1. The summed E-state index contributed by atoms with van der Waals surface area (Å²) in [6, 6.07) is 11.5. The van der Waals surface area contributed by atoms with Crippen LogP contribution in [0.4, 0.5) is 0 Å². The molecule has 6 atom stereocenters. The lowest BCUT2D eigenvalue weighted by Gasteiger charge is -2.39. The summed E-state index contributed by atoms with van der Waals surface area (Å²) < 4.78 is 16.5. The van der Waals surface area contributed by atoms with Crippen LogP contribution in [0.3, 0.4) is 0 Å². The van der Waals surface area contributed by atoms with Gasteiger partial charge in [-0.05, 0) is 67.4 Å². The van der Waals surface area contributed by atoms with E-state index in [1.54, 1.807) is 49.4 Å². The normalized spacial score (nSPS) is 25.7. The number of hydrogen-bond acceptors (Lipinski definition) is 9. The molecule has 0 unspecified atom stereocenters. The van der Waals surface area contributed by atoms with Crippen molar-refractivity contribution in [1.82, 2.24) is 5.43 Å². The molecule has 1 aliphatic heterocycles. The Morgan fingerprint density at radius 2 is 1.88 bits per heavy atom. The molecule has 10 nitrogen and oxygen atoms in total. The number of hydrogen-bond donors (Lipinski definition) is 5. The van der Waals surface area contributed by atoms with Crippen LogP contribution in [0.2, 0.25) is 5.02 Å². The van der Waals surface area contributed by atoms with Gasteiger partial charge in [-0.1, -0.05) is 11.6 Å². The van der Waals surface area contributed by atoms with Gasteiger partial charge in [-0.15, -0.1) is 0 Å². The first-order chi connectivity index (χ1) is 16.2. The topological polar surface area (TPSA) is 150 Å². The molecule has 3 rings (SSSR count). The number of carbonyl (C=O) groups is 1. The van der Waals surface area contributed by atoms with E-state index in [2.05, 4.69) is 10.5 Å². The average Bonchev–Trinajstić information content (AvgIpc) is 2.82. The predicted octanol–water partition coefficient (Wildman–Crippen LogP) is 0.745. The number of benzene rings is 2. The van der Waals surface area contributed by atoms with Crippen LogP contribution in [-0.4, -0.2) is 76.0 Å². The Morgan fingerprint density at radius 3 is 2.53 bits per heavy atom. The van der Waals surface area contributed by atoms with Gasteiger partial charge < -0.3 is 34.6 Å². The molecule has 1 aliphatic rings. The molecule has 34 heavy (non-hydrogen) atoms. The second-order valence-corrected chi connectivity index (χ2v) is 8.22. The first-order valence-electron chi connectivity index (χ1n) is 10.5. The number of amides is 1. The SMILES string of the molecule is Cc1cc(Cl)ccc1O[C@H](C)C(=O)N/N=C\c1ccc(O[C@@H]2O[C@H](CO)[C@@H](O)[C@H](O)[C@H]2O)cc1. The first-order valence-corrected chi connectivity index (χ1v) is 10.9. The van der Waals surface area contributed by atoms with Crippen LogP contribution in [0.5, 0.6) is 11.5 Å². The second kappa shape index (κ2) is 11.6. The van der Waals surface area contributed by atoms with Crippen LogP contribution < -0.4 is 14.9 Å². The van der Waals surface area contributed by atoms with Gasteiger partial charge in [0.15, 0.2) is 6.10 Å². The number of nitrogens with zero attached hydrogens (tertiary/aromatic N) is 1. The van der Waals surface area contributed by atoms with Gasteiger partial charge in [0.1, 0.15) is 35.9 Å². The minimum atomic E-state index is -1.53. The van der Waals surface area contributed by atoms with Crippen molar-refractivity contribution in [2.45, 2.75) is 50.7 Å². The number of ether oxygens (including phenoxy) is 3. The summed E-state index contributed by atoms with van der Waals surface area (Å²) in [5, 5.41) is 43.5. The number of aliphatic hydroxyl groups is 4. The summed E-state index contributed by atoms with van der Waals surface area (Å²) >= 11 is 5.92. The van der Waals surface area contributed by atoms with Crippen molar-refractivity contribution in [2.24, 2.45) is 5.10 Å². The molecule has 1 amide bonds. The lowest BCUT2D eigenvalue weighted by atomic mass is 9.99. The zero-order chi connectivity index (χ0) is 24.8. The highest BCUT2D eigenvalue weighted by Gasteiger charge is 2.44. The van der Waals surface area contributed by atoms with Crippen LogP contribution in [0.1, 0.15) is 18.1 Å². The fourth-order valence-electron chi connectivity index (χ4n) is 3.18. The lowest BCUT2D eigenvalue weighted by Crippen LogP contribution is -2.60. The monoisotopic (exact) mass is 494 g/mol. The molecule has 0 spiro atoms. The smallest absolute Gasteiger partial charge is 0.280 e. The quantitative estimate of drug-likeness (QED) is 0.266. The molecule has 0 saturated carbocycles. The molecule has 0 aliphatic carbocycles. The minimum absolute atomic E-state index is 0.311. The molecule has 0 bridgehead atoms. The van der Waals surface area contributed by atoms with Crippen LogP contribution >= 0.6 is 11.6 Å². The zero-order valence-corrected chi connectivity index (χ0v) is 19.3. The van der Waals surface area contributed by atoms with Crippen LogP contribution in [0, 0.1) is 6.92 Å². The zero-order valence-electron chi connectivity index (χ0n) is 18.5. The summed E-state index contributed by atoms with van der Waals surface area (Å²) in [6.45, 7) is 2.88. The van der Waals surface area contributed by atoms with E-state index < -0.39 is 49.3 Å². The van der Waals surface area contributed by atoms with Gasteiger partial charge in [0, 0.05) is 5.02 Å². The Bertz CT molecular complexity index is 1000. The fraction of sp³-hybridized carbons (Fsp3) is 0.391. The van der Waals surface area contributed by atoms with Crippen molar-refractivity contribution in [1.29, 1.82) is 0 Å². The number of hydrazone groups is 1. The van der Waals surface area contributed by atoms with Crippen molar-refractivity contribution in [3.05, 3.63) is 58.6 Å². The highest BCUT2D eigenvalue weighted by molar-refractivity contribution is 6.30. The van der Waals surface area contributed by atoms with E-state index in [1.807, 2.05) is 6.92 Å². The predicted molar refractivity (Wildman–Crippen MR) is 123 cm³/mol. The van der Waals surface area contributed by atoms with Gasteiger partial charge in [-0.3, -0.25) is 4.79 Å². The van der Waals surface area contributed by atoms with Gasteiger partial charge in [0.2, 0.25) is 6.29 Å². The standard InChI is InChI=1S/C23H27ClN2O8/c1-12-9-15(24)5-8-17(12)32-13(2)22(31)26-25-10-14-3-6-16(7-4-14)33-23-21(30)20(29)19(28)18(11-27)34-23/h3-10,13,18-21,23,27-30H,11H2,1-2H3,(H,26,31)/b25-10-/t13-,18-,19-,20+,21-,23-/m1/s1. The maximum absolute atomic E-state index is 12.2. The summed E-state index contributed by atoms with van der Waals surface area (Å²) in [7, 11) is 0. The molecule has 5 N–H and O–H groups in total. The summed E-state index contributed by atoms with van der Waals surface area (Å²) in [5.41, 5.74) is 3.86. The lowest BCUT2D eigenvalue weighted by molar-refractivity contribution is -0.277. The molecule has 1 fully saturated rings. The van der Waals surface area contributed by atoms with E-state index in [0.717, 1.165) is 5.56 Å². The van der Waals surface area contributed by atoms with Crippen LogP contribution in [0.25, 0.3) is 0 Å². The van der Waals surface area contributed by atoms with Crippen molar-refractivity contribution in [2.75, 3.05) is 6.61 Å². The molecule has 0 radical (unpaired) electrons. The minimum Gasteiger partial charge on any atom is -0.481 e. The Kier molecular flexibility index (Phi) is 8.84. The van der Waals surface area contributed by atoms with Crippen molar-refractivity contribution >= 4 is 23.7 Å². The molecular weight excluding hydrogens is 468 g/mol. The van der Waals surface area contributed by atoms with E-state index in [-0.39, 0.29) is 0 Å². The van der Waals surface area contributed by atoms with Crippen molar-refractivity contribution in [3.8, 4) is 11.5 Å². The van der Waals surface area contributed by atoms with E-state index in [4.69, 9.17) is 25.8 Å². The number of carbonyl (C=O) groups excluding carboxylic acids is 1. The van der Waals surface area contributed by atoms with Gasteiger partial charge in [-0.25, -0.2) is 5.43 Å². The largest absolute Gasteiger partial charge is 0.481 e. The van der Waals surface area contributed by atoms with Crippen LogP contribution in [0.15, 0.2) is 47.6 Å². The third kappa shape index (κ3) is 6.44. The third-order valence-electron chi connectivity index (χ3n) is 5.18. The Labute approximate surface area is 201 Å². The molecule has 11 heteroatoms. The van der Waals surface area contributed by atoms with Gasteiger partial charge in [0.25, 0.3) is 5.91 Å². The summed E-state index contributed by atoms with van der Waals surface area (Å²) in [4.78, 5) is 12.2. The second-order valence-electron chi connectivity index (χ2n) is 7.79. The highest BCUT2D eigenvalue weighted by atomic mass is 35.5. The Hall–Kier alpha value is -2.73. The average molecular weight is 495 g/mol. The third-order valence-corrected chi connectivity index (χ3v) is 5.41. The number of rotatable bonds is 8. The summed E-state index contributed by atoms with van der Waals surface area (Å²) in [6.07, 6.45) is -6.19. The van der Waals surface area contributed by atoms with Gasteiger partial charge in [-0.2, -0.15) is 5.10 Å². The Balaban J connectivity index is 1.52. The number of nitrogens with one attached hydrogen (secondary N) is 1. The maximum Gasteiger partial charge on any atom is 0.280 e. The van der Waals surface area contributed by atoms with E-state index >= 15 is 0 Å². The molecule has 2 aromatic carbocycles. The number of halogens is 1. The van der Waals surface area contributed by atoms with Crippen LogP contribution in [-0.2, 0) is 9.53 Å². The molecular formula is C23H27ClN2O8. The van der Waals surface area contributed by atoms with Gasteiger partial charge in [0.05, 0.1) is 12.8 Å². The van der Waals surface area contributed by atoms with E-state index in [0.29, 0.717) is 22.1 Å².